The van der Waals surface area contributed by atoms with Gasteiger partial charge < -0.3 is 14.6 Å². The molecule has 0 radical (unpaired) electrons. The van der Waals surface area contributed by atoms with Crippen molar-refractivity contribution in [1.82, 2.24) is 0 Å². The molecule has 1 heterocycles. The van der Waals surface area contributed by atoms with Gasteiger partial charge in [-0.2, -0.15) is 0 Å². The Balaban J connectivity index is 2.09. The molecule has 1 aromatic carbocycles. The third kappa shape index (κ3) is 2.06. The first-order chi connectivity index (χ1) is 8.37. The molecule has 0 spiro atoms. The molecular weight excluding hydrogens is 256 g/mol. The molecule has 0 unspecified atom stereocenters. The van der Waals surface area contributed by atoms with Crippen LogP contribution in [0.2, 0.25) is 0 Å². The second-order valence-electron chi connectivity index (χ2n) is 4.99. The van der Waals surface area contributed by atoms with E-state index >= 15 is 0 Å². The van der Waals surface area contributed by atoms with Crippen molar-refractivity contribution in [2.24, 2.45) is 0 Å². The molecule has 98 valence electrons. The number of hydrogen-bond donors (Lipinski definition) is 1. The van der Waals surface area contributed by atoms with Crippen LogP contribution in [0.15, 0.2) is 17.0 Å². The Labute approximate surface area is 105 Å². The van der Waals surface area contributed by atoms with Crippen molar-refractivity contribution in [3.63, 3.8) is 0 Å². The third-order valence-corrected chi connectivity index (χ3v) is 4.48. The van der Waals surface area contributed by atoms with Crippen molar-refractivity contribution in [1.29, 1.82) is 0 Å². The molecule has 2 aliphatic rings. The zero-order chi connectivity index (χ0) is 13.0. The fourth-order valence-electron chi connectivity index (χ4n) is 2.12. The minimum atomic E-state index is -3.35. The van der Waals surface area contributed by atoms with Gasteiger partial charge in [-0.15, -0.1) is 0 Å². The Hall–Kier alpha value is -1.27. The number of fused-ring (bicyclic) bond motifs is 1. The summed E-state index contributed by atoms with van der Waals surface area (Å²) >= 11 is 0. The van der Waals surface area contributed by atoms with Crippen LogP contribution >= 0.6 is 0 Å². The average molecular weight is 270 g/mol. The molecule has 0 bridgehead atoms. The van der Waals surface area contributed by atoms with Gasteiger partial charge in [0.15, 0.2) is 21.3 Å². The summed E-state index contributed by atoms with van der Waals surface area (Å²) in [7, 11) is -3.35. The van der Waals surface area contributed by atoms with Crippen molar-refractivity contribution >= 4 is 9.84 Å². The molecule has 1 aliphatic carbocycles. The van der Waals surface area contributed by atoms with Gasteiger partial charge >= 0.3 is 0 Å². The second-order valence-corrected chi connectivity index (χ2v) is 6.97. The molecule has 0 amide bonds. The Morgan fingerprint density at radius 1 is 1.28 bits per heavy atom. The lowest BCUT2D eigenvalue weighted by atomic mass is 10.1. The predicted molar refractivity (Wildman–Crippen MR) is 63.6 cm³/mol. The third-order valence-electron chi connectivity index (χ3n) is 3.30. The van der Waals surface area contributed by atoms with Crippen LogP contribution in [0.1, 0.15) is 18.4 Å². The highest BCUT2D eigenvalue weighted by Crippen LogP contribution is 2.43. The number of sulfone groups is 1. The van der Waals surface area contributed by atoms with Crippen LogP contribution in [0.5, 0.6) is 11.5 Å². The molecular formula is C12H14O5S. The monoisotopic (exact) mass is 270 g/mol. The molecule has 0 aromatic heterocycles. The fourth-order valence-corrected chi connectivity index (χ4v) is 3.05. The Kier molecular flexibility index (Phi) is 2.37. The van der Waals surface area contributed by atoms with E-state index in [1.807, 2.05) is 0 Å². The van der Waals surface area contributed by atoms with Gasteiger partial charge in [0, 0.05) is 18.7 Å². The summed E-state index contributed by atoms with van der Waals surface area (Å²) in [4.78, 5) is 0.215. The molecule has 0 atom stereocenters. The van der Waals surface area contributed by atoms with E-state index < -0.39 is 15.4 Å². The summed E-state index contributed by atoms with van der Waals surface area (Å²) in [6.07, 6.45) is 2.92. The van der Waals surface area contributed by atoms with E-state index in [0.29, 0.717) is 36.3 Å². The van der Waals surface area contributed by atoms with E-state index in [0.717, 1.165) is 6.26 Å². The van der Waals surface area contributed by atoms with Crippen LogP contribution in [0.25, 0.3) is 0 Å². The van der Waals surface area contributed by atoms with Gasteiger partial charge in [-0.25, -0.2) is 8.42 Å². The SMILES string of the molecule is CS(=O)(=O)c1cc2c(cc1CC1(O)CC1)OCO2. The number of rotatable bonds is 3. The number of benzene rings is 1. The summed E-state index contributed by atoms with van der Waals surface area (Å²) in [5, 5.41) is 9.95. The van der Waals surface area contributed by atoms with Crippen LogP contribution in [-0.4, -0.2) is 32.2 Å². The smallest absolute Gasteiger partial charge is 0.231 e. The van der Waals surface area contributed by atoms with E-state index in [4.69, 9.17) is 9.47 Å². The highest BCUT2D eigenvalue weighted by molar-refractivity contribution is 7.90. The maximum atomic E-state index is 11.8. The molecule has 6 heteroatoms. The van der Waals surface area contributed by atoms with Crippen molar-refractivity contribution in [2.45, 2.75) is 29.8 Å². The van der Waals surface area contributed by atoms with Crippen molar-refractivity contribution in [2.75, 3.05) is 13.0 Å². The molecule has 0 saturated heterocycles. The van der Waals surface area contributed by atoms with E-state index in [9.17, 15) is 13.5 Å². The first-order valence-electron chi connectivity index (χ1n) is 5.72. The topological polar surface area (TPSA) is 72.8 Å². The van der Waals surface area contributed by atoms with Crippen LogP contribution in [0, 0.1) is 0 Å². The van der Waals surface area contributed by atoms with E-state index in [2.05, 4.69) is 0 Å². The molecule has 1 N–H and O–H groups in total. The second kappa shape index (κ2) is 3.61. The standard InChI is InChI=1S/C12H14O5S/c1-18(14,15)11-5-10-9(16-7-17-10)4-8(11)6-12(13)2-3-12/h4-5,13H,2-3,6-7H2,1H3. The molecule has 1 fully saturated rings. The largest absolute Gasteiger partial charge is 0.454 e. The molecule has 18 heavy (non-hydrogen) atoms. The normalized spacial score (nSPS) is 19.9. The lowest BCUT2D eigenvalue weighted by Crippen LogP contribution is -2.14. The quantitative estimate of drug-likeness (QED) is 0.883. The van der Waals surface area contributed by atoms with E-state index in [1.54, 1.807) is 6.07 Å². The summed E-state index contributed by atoms with van der Waals surface area (Å²) in [6.45, 7) is 0.103. The Morgan fingerprint density at radius 2 is 1.89 bits per heavy atom. The zero-order valence-corrected chi connectivity index (χ0v) is 10.8. The van der Waals surface area contributed by atoms with Crippen LogP contribution in [0.3, 0.4) is 0 Å². The number of hydrogen-bond acceptors (Lipinski definition) is 5. The molecule has 1 saturated carbocycles. The molecule has 3 rings (SSSR count). The van der Waals surface area contributed by atoms with E-state index in [-0.39, 0.29) is 11.7 Å². The minimum absolute atomic E-state index is 0.103. The van der Waals surface area contributed by atoms with Gasteiger partial charge in [0.2, 0.25) is 6.79 Å². The maximum absolute atomic E-state index is 11.8. The lowest BCUT2D eigenvalue weighted by Gasteiger charge is -2.12. The van der Waals surface area contributed by atoms with Crippen LogP contribution < -0.4 is 9.47 Å². The first kappa shape index (κ1) is 11.8. The van der Waals surface area contributed by atoms with Gasteiger partial charge in [0.25, 0.3) is 0 Å². The number of aliphatic hydroxyl groups is 1. The first-order valence-corrected chi connectivity index (χ1v) is 7.62. The predicted octanol–water partition coefficient (Wildman–Crippen LogP) is 0.886. The van der Waals surface area contributed by atoms with Gasteiger partial charge in [-0.1, -0.05) is 0 Å². The van der Waals surface area contributed by atoms with Crippen LogP contribution in [0.4, 0.5) is 0 Å². The fraction of sp³-hybridized carbons (Fsp3) is 0.500. The summed E-state index contributed by atoms with van der Waals surface area (Å²) < 4.78 is 34.0. The molecule has 1 aliphatic heterocycles. The summed E-state index contributed by atoms with van der Waals surface area (Å²) in [6, 6.07) is 3.15. The Morgan fingerprint density at radius 3 is 2.44 bits per heavy atom. The van der Waals surface area contributed by atoms with Crippen LogP contribution in [-0.2, 0) is 16.3 Å². The molecule has 5 nitrogen and oxygen atoms in total. The average Bonchev–Trinajstić information content (AvgIpc) is 2.82. The van der Waals surface area contributed by atoms with Gasteiger partial charge in [0.05, 0.1) is 10.5 Å². The lowest BCUT2D eigenvalue weighted by molar-refractivity contribution is 0.150. The highest BCUT2D eigenvalue weighted by Gasteiger charge is 2.41. The van der Waals surface area contributed by atoms with Gasteiger partial charge in [-0.3, -0.25) is 0 Å². The zero-order valence-electron chi connectivity index (χ0n) is 9.97. The highest BCUT2D eigenvalue weighted by atomic mass is 32.2. The molecule has 1 aromatic rings. The summed E-state index contributed by atoms with van der Waals surface area (Å²) in [5.41, 5.74) is -0.144. The van der Waals surface area contributed by atoms with Crippen molar-refractivity contribution in [3.8, 4) is 11.5 Å². The van der Waals surface area contributed by atoms with Gasteiger partial charge in [0.1, 0.15) is 0 Å². The van der Waals surface area contributed by atoms with Crippen molar-refractivity contribution in [3.05, 3.63) is 17.7 Å². The summed E-state index contributed by atoms with van der Waals surface area (Å²) in [5.74, 6) is 0.989. The maximum Gasteiger partial charge on any atom is 0.231 e. The Bertz CT molecular complexity index is 601. The minimum Gasteiger partial charge on any atom is -0.454 e. The van der Waals surface area contributed by atoms with Gasteiger partial charge in [-0.05, 0) is 24.5 Å². The van der Waals surface area contributed by atoms with Crippen molar-refractivity contribution < 1.29 is 23.0 Å². The number of ether oxygens (including phenoxy) is 2. The van der Waals surface area contributed by atoms with E-state index in [1.165, 1.54) is 6.07 Å².